The summed E-state index contributed by atoms with van der Waals surface area (Å²) in [5.41, 5.74) is 0. The van der Waals surface area contributed by atoms with Gasteiger partial charge in [0.15, 0.2) is 0 Å². The first kappa shape index (κ1) is 8.88. The fourth-order valence-corrected chi connectivity index (χ4v) is 1.64. The quantitative estimate of drug-likeness (QED) is 0.590. The van der Waals surface area contributed by atoms with Crippen LogP contribution in [0.2, 0.25) is 0 Å². The summed E-state index contributed by atoms with van der Waals surface area (Å²) in [4.78, 5) is 0. The van der Waals surface area contributed by atoms with Crippen molar-refractivity contribution in [2.24, 2.45) is 17.8 Å². The molecular weight excluding hydrogens is 153 g/mol. The van der Waals surface area contributed by atoms with E-state index < -0.39 is 12.1 Å². The molecule has 0 bridgehead atoms. The standard InChI is InChI=1S/C8H13F3/c1-5(2)7(6-3-4-6)8(9,10)11/h5-7H,3-4H2,1-2H3/t7-/m0/s1. The van der Waals surface area contributed by atoms with Gasteiger partial charge in [-0.25, -0.2) is 0 Å². The van der Waals surface area contributed by atoms with Crippen molar-refractivity contribution in [2.45, 2.75) is 32.9 Å². The third-order valence-corrected chi connectivity index (χ3v) is 2.23. The normalized spacial score (nSPS) is 22.4. The molecular formula is C8H13F3. The Balaban J connectivity index is 2.58. The Kier molecular flexibility index (Phi) is 2.17. The molecule has 0 heterocycles. The van der Waals surface area contributed by atoms with E-state index in [1.165, 1.54) is 0 Å². The van der Waals surface area contributed by atoms with Gasteiger partial charge in [-0.05, 0) is 24.7 Å². The van der Waals surface area contributed by atoms with Gasteiger partial charge in [0.05, 0.1) is 5.92 Å². The molecule has 0 unspecified atom stereocenters. The Morgan fingerprint density at radius 3 is 1.73 bits per heavy atom. The van der Waals surface area contributed by atoms with Crippen molar-refractivity contribution in [3.05, 3.63) is 0 Å². The zero-order valence-corrected chi connectivity index (χ0v) is 6.78. The third-order valence-electron chi connectivity index (χ3n) is 2.23. The molecule has 1 saturated carbocycles. The second-order valence-electron chi connectivity index (χ2n) is 3.65. The molecule has 0 amide bonds. The van der Waals surface area contributed by atoms with Crippen LogP contribution >= 0.6 is 0 Å². The van der Waals surface area contributed by atoms with Crippen molar-refractivity contribution in [3.8, 4) is 0 Å². The van der Waals surface area contributed by atoms with Gasteiger partial charge in [-0.2, -0.15) is 13.2 Å². The fraction of sp³-hybridized carbons (Fsp3) is 1.00. The molecule has 0 aliphatic heterocycles. The average Bonchev–Trinajstić information content (AvgIpc) is 2.42. The Morgan fingerprint density at radius 2 is 1.64 bits per heavy atom. The molecule has 11 heavy (non-hydrogen) atoms. The molecule has 0 aromatic carbocycles. The van der Waals surface area contributed by atoms with Gasteiger partial charge in [0.25, 0.3) is 0 Å². The van der Waals surface area contributed by atoms with E-state index in [-0.39, 0.29) is 11.8 Å². The lowest BCUT2D eigenvalue weighted by molar-refractivity contribution is -0.191. The second kappa shape index (κ2) is 2.68. The van der Waals surface area contributed by atoms with E-state index in [0.717, 1.165) is 12.8 Å². The molecule has 0 spiro atoms. The lowest BCUT2D eigenvalue weighted by atomic mass is 9.90. The average molecular weight is 166 g/mol. The SMILES string of the molecule is CC(C)[C@@H](C1CC1)C(F)(F)F. The summed E-state index contributed by atoms with van der Waals surface area (Å²) in [5, 5.41) is 0. The topological polar surface area (TPSA) is 0 Å². The summed E-state index contributed by atoms with van der Waals surface area (Å²) >= 11 is 0. The number of alkyl halides is 3. The molecule has 3 heteroatoms. The van der Waals surface area contributed by atoms with Crippen LogP contribution in [-0.4, -0.2) is 6.18 Å². The van der Waals surface area contributed by atoms with Crippen LogP contribution in [0.15, 0.2) is 0 Å². The predicted molar refractivity (Wildman–Crippen MR) is 37.1 cm³/mol. The highest BCUT2D eigenvalue weighted by Gasteiger charge is 2.49. The zero-order valence-electron chi connectivity index (χ0n) is 6.78. The number of hydrogen-bond donors (Lipinski definition) is 0. The van der Waals surface area contributed by atoms with Crippen LogP contribution < -0.4 is 0 Å². The monoisotopic (exact) mass is 166 g/mol. The molecule has 1 fully saturated rings. The van der Waals surface area contributed by atoms with E-state index in [0.29, 0.717) is 0 Å². The van der Waals surface area contributed by atoms with Gasteiger partial charge in [-0.1, -0.05) is 13.8 Å². The smallest absolute Gasteiger partial charge is 0.171 e. The molecule has 1 atom stereocenters. The van der Waals surface area contributed by atoms with Crippen LogP contribution in [0, 0.1) is 17.8 Å². The molecule has 0 aromatic heterocycles. The van der Waals surface area contributed by atoms with Crippen LogP contribution in [-0.2, 0) is 0 Å². The van der Waals surface area contributed by atoms with Crippen LogP contribution in [0.3, 0.4) is 0 Å². The Labute approximate surface area is 64.8 Å². The number of halogens is 3. The van der Waals surface area contributed by atoms with E-state index in [1.54, 1.807) is 13.8 Å². The first-order valence-electron chi connectivity index (χ1n) is 3.99. The summed E-state index contributed by atoms with van der Waals surface area (Å²) in [7, 11) is 0. The molecule has 66 valence electrons. The van der Waals surface area contributed by atoms with Crippen LogP contribution in [0.4, 0.5) is 13.2 Å². The van der Waals surface area contributed by atoms with Crippen molar-refractivity contribution in [1.29, 1.82) is 0 Å². The molecule has 0 radical (unpaired) electrons. The van der Waals surface area contributed by atoms with Crippen molar-refractivity contribution in [2.75, 3.05) is 0 Å². The van der Waals surface area contributed by atoms with Crippen molar-refractivity contribution >= 4 is 0 Å². The largest absolute Gasteiger partial charge is 0.392 e. The Hall–Kier alpha value is -0.210. The van der Waals surface area contributed by atoms with Crippen LogP contribution in [0.1, 0.15) is 26.7 Å². The summed E-state index contributed by atoms with van der Waals surface area (Å²) in [6.45, 7) is 3.30. The van der Waals surface area contributed by atoms with Gasteiger partial charge in [-0.3, -0.25) is 0 Å². The van der Waals surface area contributed by atoms with E-state index >= 15 is 0 Å². The first-order valence-corrected chi connectivity index (χ1v) is 3.99. The van der Waals surface area contributed by atoms with Gasteiger partial charge < -0.3 is 0 Å². The lowest BCUT2D eigenvalue weighted by Crippen LogP contribution is -2.29. The van der Waals surface area contributed by atoms with Crippen molar-refractivity contribution in [1.82, 2.24) is 0 Å². The van der Waals surface area contributed by atoms with Gasteiger partial charge in [0.2, 0.25) is 0 Å². The minimum Gasteiger partial charge on any atom is -0.171 e. The lowest BCUT2D eigenvalue weighted by Gasteiger charge is -2.23. The van der Waals surface area contributed by atoms with E-state index in [1.807, 2.05) is 0 Å². The number of hydrogen-bond acceptors (Lipinski definition) is 0. The predicted octanol–water partition coefficient (Wildman–Crippen LogP) is 3.23. The highest BCUT2D eigenvalue weighted by Crippen LogP contribution is 2.48. The van der Waals surface area contributed by atoms with E-state index in [2.05, 4.69) is 0 Å². The van der Waals surface area contributed by atoms with Gasteiger partial charge in [0.1, 0.15) is 0 Å². The van der Waals surface area contributed by atoms with Gasteiger partial charge in [0, 0.05) is 0 Å². The summed E-state index contributed by atoms with van der Waals surface area (Å²) in [6, 6.07) is 0. The van der Waals surface area contributed by atoms with Crippen molar-refractivity contribution < 1.29 is 13.2 Å². The zero-order chi connectivity index (χ0) is 8.65. The molecule has 1 rings (SSSR count). The summed E-state index contributed by atoms with van der Waals surface area (Å²) in [6.07, 6.45) is -2.44. The van der Waals surface area contributed by atoms with Crippen LogP contribution in [0.5, 0.6) is 0 Å². The molecule has 0 N–H and O–H groups in total. The fourth-order valence-electron chi connectivity index (χ4n) is 1.64. The van der Waals surface area contributed by atoms with Crippen LogP contribution in [0.25, 0.3) is 0 Å². The number of rotatable bonds is 2. The maximum atomic E-state index is 12.3. The highest BCUT2D eigenvalue weighted by molar-refractivity contribution is 4.87. The molecule has 0 saturated heterocycles. The summed E-state index contributed by atoms with van der Waals surface area (Å²) < 4.78 is 36.8. The van der Waals surface area contributed by atoms with Gasteiger partial charge in [-0.15, -0.1) is 0 Å². The molecule has 0 nitrogen and oxygen atoms in total. The van der Waals surface area contributed by atoms with Gasteiger partial charge >= 0.3 is 6.18 Å². The first-order chi connectivity index (χ1) is 4.93. The highest BCUT2D eigenvalue weighted by atomic mass is 19.4. The summed E-state index contributed by atoms with van der Waals surface area (Å²) in [5.74, 6) is -1.39. The minimum atomic E-state index is -3.98. The van der Waals surface area contributed by atoms with Crippen molar-refractivity contribution in [3.63, 3.8) is 0 Å². The Morgan fingerprint density at radius 1 is 1.18 bits per heavy atom. The minimum absolute atomic E-state index is 0.0741. The second-order valence-corrected chi connectivity index (χ2v) is 3.65. The molecule has 1 aliphatic rings. The maximum absolute atomic E-state index is 12.3. The molecule has 0 aromatic rings. The molecule has 1 aliphatic carbocycles. The maximum Gasteiger partial charge on any atom is 0.392 e. The Bertz CT molecular complexity index is 131. The van der Waals surface area contributed by atoms with E-state index in [9.17, 15) is 13.2 Å². The third kappa shape index (κ3) is 2.11. The van der Waals surface area contributed by atoms with E-state index in [4.69, 9.17) is 0 Å².